The van der Waals surface area contributed by atoms with Crippen molar-refractivity contribution in [1.29, 1.82) is 0 Å². The quantitative estimate of drug-likeness (QED) is 0.221. The van der Waals surface area contributed by atoms with Gasteiger partial charge in [-0.3, -0.25) is 4.79 Å². The maximum Gasteiger partial charge on any atom is 0.339 e. The number of ether oxygens (including phenoxy) is 1. The second-order valence-electron chi connectivity index (χ2n) is 8.32. The fourth-order valence-corrected chi connectivity index (χ4v) is 4.50. The van der Waals surface area contributed by atoms with E-state index in [9.17, 15) is 17.6 Å². The van der Waals surface area contributed by atoms with Crippen molar-refractivity contribution in [2.75, 3.05) is 20.3 Å². The molecule has 2 aromatic rings. The van der Waals surface area contributed by atoms with E-state index in [1.165, 1.54) is 31.7 Å². The molecule has 188 valence electrons. The maximum atomic E-state index is 13.1. The van der Waals surface area contributed by atoms with Gasteiger partial charge in [-0.1, -0.05) is 57.6 Å². The van der Waals surface area contributed by atoms with Crippen LogP contribution in [-0.2, 0) is 26.2 Å². The topological polar surface area (TPSA) is 72.9 Å². The van der Waals surface area contributed by atoms with Crippen molar-refractivity contribution >= 4 is 16.0 Å². The van der Waals surface area contributed by atoms with Gasteiger partial charge in [0.05, 0.1) is 6.61 Å². The molecule has 0 aliphatic rings. The molecular weight excluding hydrogens is 457 g/mol. The zero-order valence-corrected chi connectivity index (χ0v) is 21.0. The number of halogens is 1. The normalized spacial score (nSPS) is 11.4. The number of hydrogen-bond donors (Lipinski definition) is 0. The van der Waals surface area contributed by atoms with Crippen molar-refractivity contribution in [2.45, 2.75) is 69.7 Å². The zero-order chi connectivity index (χ0) is 24.8. The number of carbonyl (C=O) groups is 1. The van der Waals surface area contributed by atoms with Gasteiger partial charge in [0.15, 0.2) is 0 Å². The first-order valence-electron chi connectivity index (χ1n) is 11.9. The molecule has 0 fully saturated rings. The number of carbonyl (C=O) groups excluding carboxylic acids is 1. The van der Waals surface area contributed by atoms with Crippen molar-refractivity contribution in [3.63, 3.8) is 0 Å². The molecule has 0 aliphatic carbocycles. The largest absolute Gasteiger partial charge is 0.383 e. The van der Waals surface area contributed by atoms with Crippen molar-refractivity contribution in [3.8, 4) is 5.75 Å². The van der Waals surface area contributed by atoms with Crippen LogP contribution in [0, 0.1) is 5.82 Å². The molecule has 0 saturated carbocycles. The van der Waals surface area contributed by atoms with Gasteiger partial charge in [0.1, 0.15) is 16.5 Å². The standard InChI is InChI=1S/C26H36FNO5S/c1-3-4-5-6-7-8-9-13-26(29)28(18-19-32-2)21-22-11-10-12-24(20-22)33-34(30,31)25-16-14-23(27)15-17-25/h10-12,14-17,20H,3-9,13,18-19,21H2,1-2H3. The van der Waals surface area contributed by atoms with E-state index in [1.54, 1.807) is 24.1 Å². The average molecular weight is 494 g/mol. The molecule has 0 heterocycles. The van der Waals surface area contributed by atoms with Crippen LogP contribution in [0.4, 0.5) is 4.39 Å². The smallest absolute Gasteiger partial charge is 0.339 e. The molecule has 0 radical (unpaired) electrons. The molecule has 0 bridgehead atoms. The first kappa shape index (κ1) is 27.8. The van der Waals surface area contributed by atoms with Crippen LogP contribution in [0.15, 0.2) is 53.4 Å². The van der Waals surface area contributed by atoms with Crippen molar-refractivity contribution in [3.05, 3.63) is 59.9 Å². The Morgan fingerprint density at radius 1 is 0.971 bits per heavy atom. The minimum atomic E-state index is -4.10. The molecule has 0 spiro atoms. The SMILES string of the molecule is CCCCCCCCCC(=O)N(CCOC)Cc1cccc(OS(=O)(=O)c2ccc(F)cc2)c1. The highest BCUT2D eigenvalue weighted by atomic mass is 32.2. The predicted octanol–water partition coefficient (Wildman–Crippen LogP) is 5.71. The van der Waals surface area contributed by atoms with Crippen molar-refractivity contribution in [2.24, 2.45) is 0 Å². The Morgan fingerprint density at radius 2 is 1.65 bits per heavy atom. The van der Waals surface area contributed by atoms with Gasteiger partial charge in [-0.25, -0.2) is 4.39 Å². The second kappa shape index (κ2) is 14.7. The third-order valence-electron chi connectivity index (χ3n) is 5.49. The highest BCUT2D eigenvalue weighted by molar-refractivity contribution is 7.87. The number of methoxy groups -OCH3 is 1. The summed E-state index contributed by atoms with van der Waals surface area (Å²) < 4.78 is 48.5. The molecule has 2 rings (SSSR count). The van der Waals surface area contributed by atoms with Gasteiger partial charge in [-0.05, 0) is 48.4 Å². The lowest BCUT2D eigenvalue weighted by molar-refractivity contribution is -0.132. The van der Waals surface area contributed by atoms with E-state index < -0.39 is 15.9 Å². The van der Waals surface area contributed by atoms with Crippen LogP contribution in [-0.4, -0.2) is 39.5 Å². The number of hydrogen-bond acceptors (Lipinski definition) is 5. The summed E-state index contributed by atoms with van der Waals surface area (Å²) in [4.78, 5) is 14.4. The molecule has 0 unspecified atom stereocenters. The van der Waals surface area contributed by atoms with Crippen molar-refractivity contribution in [1.82, 2.24) is 4.90 Å². The van der Waals surface area contributed by atoms with E-state index >= 15 is 0 Å². The van der Waals surface area contributed by atoms with Gasteiger partial charge in [0.2, 0.25) is 5.91 Å². The predicted molar refractivity (Wildman–Crippen MR) is 131 cm³/mol. The first-order chi connectivity index (χ1) is 16.4. The van der Waals surface area contributed by atoms with Gasteiger partial charge in [-0.2, -0.15) is 8.42 Å². The highest BCUT2D eigenvalue weighted by Gasteiger charge is 2.18. The lowest BCUT2D eigenvalue weighted by Gasteiger charge is -2.23. The minimum absolute atomic E-state index is 0.0517. The molecule has 0 atom stereocenters. The molecule has 0 saturated heterocycles. The Kier molecular flexibility index (Phi) is 12.0. The van der Waals surface area contributed by atoms with E-state index in [0.29, 0.717) is 26.1 Å². The van der Waals surface area contributed by atoms with Crippen LogP contribution < -0.4 is 4.18 Å². The summed E-state index contributed by atoms with van der Waals surface area (Å²) in [6.07, 6.45) is 8.46. The van der Waals surface area contributed by atoms with Crippen LogP contribution in [0.1, 0.15) is 63.9 Å². The minimum Gasteiger partial charge on any atom is -0.383 e. The van der Waals surface area contributed by atoms with E-state index in [4.69, 9.17) is 8.92 Å². The summed E-state index contributed by atoms with van der Waals surface area (Å²) >= 11 is 0. The number of rotatable bonds is 16. The van der Waals surface area contributed by atoms with Crippen LogP contribution in [0.3, 0.4) is 0 Å². The summed E-state index contributed by atoms with van der Waals surface area (Å²) in [6, 6.07) is 11.1. The maximum absolute atomic E-state index is 13.1. The summed E-state index contributed by atoms with van der Waals surface area (Å²) in [5, 5.41) is 0. The summed E-state index contributed by atoms with van der Waals surface area (Å²) in [6.45, 7) is 3.38. The van der Waals surface area contributed by atoms with Gasteiger partial charge in [0.25, 0.3) is 0 Å². The van der Waals surface area contributed by atoms with E-state index in [1.807, 2.05) is 6.07 Å². The van der Waals surface area contributed by atoms with Gasteiger partial charge in [-0.15, -0.1) is 0 Å². The van der Waals surface area contributed by atoms with E-state index in [-0.39, 0.29) is 16.6 Å². The Labute approximate surface area is 203 Å². The molecule has 2 aromatic carbocycles. The summed E-state index contributed by atoms with van der Waals surface area (Å²) in [7, 11) is -2.51. The van der Waals surface area contributed by atoms with Crippen LogP contribution in [0.25, 0.3) is 0 Å². The number of amides is 1. The number of unbranched alkanes of at least 4 members (excludes halogenated alkanes) is 6. The number of benzene rings is 2. The molecule has 6 nitrogen and oxygen atoms in total. The molecule has 0 aromatic heterocycles. The molecule has 1 amide bonds. The first-order valence-corrected chi connectivity index (χ1v) is 13.3. The average Bonchev–Trinajstić information content (AvgIpc) is 2.81. The Hall–Kier alpha value is -2.45. The van der Waals surface area contributed by atoms with Gasteiger partial charge < -0.3 is 13.8 Å². The monoisotopic (exact) mass is 493 g/mol. The lowest BCUT2D eigenvalue weighted by Crippen LogP contribution is -2.33. The summed E-state index contributed by atoms with van der Waals surface area (Å²) in [5.41, 5.74) is 0.746. The van der Waals surface area contributed by atoms with Gasteiger partial charge in [0, 0.05) is 26.6 Å². The van der Waals surface area contributed by atoms with Gasteiger partial charge >= 0.3 is 10.1 Å². The Morgan fingerprint density at radius 3 is 2.32 bits per heavy atom. The molecular formula is C26H36FNO5S. The third kappa shape index (κ3) is 9.81. The summed E-state index contributed by atoms with van der Waals surface area (Å²) in [5.74, 6) is -0.345. The van der Waals surface area contributed by atoms with E-state index in [2.05, 4.69) is 6.92 Å². The third-order valence-corrected chi connectivity index (χ3v) is 6.75. The van der Waals surface area contributed by atoms with Crippen LogP contribution >= 0.6 is 0 Å². The molecule has 0 aliphatic heterocycles. The van der Waals surface area contributed by atoms with Crippen molar-refractivity contribution < 1.29 is 26.5 Å². The van der Waals surface area contributed by atoms with Crippen LogP contribution in [0.5, 0.6) is 5.75 Å². The Balaban J connectivity index is 1.97. The van der Waals surface area contributed by atoms with E-state index in [0.717, 1.165) is 49.1 Å². The number of nitrogens with zero attached hydrogens (tertiary/aromatic N) is 1. The zero-order valence-electron chi connectivity index (χ0n) is 20.2. The highest BCUT2D eigenvalue weighted by Crippen LogP contribution is 2.21. The molecule has 8 heteroatoms. The fourth-order valence-electron chi connectivity index (χ4n) is 3.58. The lowest BCUT2D eigenvalue weighted by atomic mass is 10.1. The Bertz CT molecular complexity index is 979. The second-order valence-corrected chi connectivity index (χ2v) is 9.86. The van der Waals surface area contributed by atoms with Crippen LogP contribution in [0.2, 0.25) is 0 Å². The fraction of sp³-hybridized carbons (Fsp3) is 0.500. The molecule has 0 N–H and O–H groups in total. The molecule has 34 heavy (non-hydrogen) atoms.